The number of nitrogens with zero attached hydrogens (tertiary/aromatic N) is 3. The van der Waals surface area contributed by atoms with Crippen molar-refractivity contribution >= 4 is 40.7 Å². The SMILES string of the molecule is CCN1C(=O)C2(c3ccccc31)C1C(=O)N(c3cc(Cl)ccc3OC)C(=O)C1C1CCCN12. The predicted octanol–water partition coefficient (Wildman–Crippen LogP) is 3.19. The summed E-state index contributed by atoms with van der Waals surface area (Å²) >= 11 is 6.23. The number of ether oxygens (including phenoxy) is 1. The number of amides is 3. The van der Waals surface area contributed by atoms with Crippen LogP contribution in [0.15, 0.2) is 42.5 Å². The Bertz CT molecular complexity index is 1220. The van der Waals surface area contributed by atoms with Crippen LogP contribution in [0.25, 0.3) is 0 Å². The number of hydrogen-bond acceptors (Lipinski definition) is 5. The van der Waals surface area contributed by atoms with E-state index in [-0.39, 0.29) is 23.8 Å². The van der Waals surface area contributed by atoms with Crippen molar-refractivity contribution in [3.05, 3.63) is 53.1 Å². The Balaban J connectivity index is 1.57. The molecule has 4 aliphatic rings. The summed E-state index contributed by atoms with van der Waals surface area (Å²) in [5.41, 5.74) is 0.832. The van der Waals surface area contributed by atoms with Crippen LogP contribution in [0.5, 0.6) is 5.75 Å². The number of likely N-dealkylation sites (N-methyl/N-ethyl adjacent to an activating group) is 1. The summed E-state index contributed by atoms with van der Waals surface area (Å²) < 4.78 is 5.46. The third kappa shape index (κ3) is 2.36. The summed E-state index contributed by atoms with van der Waals surface area (Å²) in [5, 5.41) is 0.403. The zero-order chi connectivity index (χ0) is 23.1. The summed E-state index contributed by atoms with van der Waals surface area (Å²) in [5.74, 6) is -1.72. The van der Waals surface area contributed by atoms with Gasteiger partial charge in [0, 0.05) is 28.9 Å². The first-order chi connectivity index (χ1) is 16.0. The van der Waals surface area contributed by atoms with Crippen LogP contribution in [0, 0.1) is 11.8 Å². The maximum atomic E-state index is 14.1. The van der Waals surface area contributed by atoms with Gasteiger partial charge >= 0.3 is 0 Å². The summed E-state index contributed by atoms with van der Waals surface area (Å²) in [6.45, 7) is 3.13. The van der Waals surface area contributed by atoms with E-state index in [1.165, 1.54) is 12.0 Å². The molecule has 0 radical (unpaired) electrons. The lowest BCUT2D eigenvalue weighted by Crippen LogP contribution is -2.56. The van der Waals surface area contributed by atoms with E-state index in [1.54, 1.807) is 23.1 Å². The van der Waals surface area contributed by atoms with Crippen molar-refractivity contribution in [2.45, 2.75) is 31.3 Å². The molecule has 7 nitrogen and oxygen atoms in total. The maximum Gasteiger partial charge on any atom is 0.253 e. The predicted molar refractivity (Wildman–Crippen MR) is 123 cm³/mol. The lowest BCUT2D eigenvalue weighted by atomic mass is 9.75. The molecule has 2 aromatic carbocycles. The van der Waals surface area contributed by atoms with E-state index < -0.39 is 17.4 Å². The molecule has 4 unspecified atom stereocenters. The first-order valence-corrected chi connectivity index (χ1v) is 11.7. The molecule has 6 rings (SSSR count). The highest BCUT2D eigenvalue weighted by Gasteiger charge is 2.75. The largest absolute Gasteiger partial charge is 0.495 e. The zero-order valence-corrected chi connectivity index (χ0v) is 19.2. The maximum absolute atomic E-state index is 14.1. The molecule has 4 aliphatic heterocycles. The van der Waals surface area contributed by atoms with Crippen molar-refractivity contribution in [3.63, 3.8) is 0 Å². The Morgan fingerprint density at radius 3 is 2.64 bits per heavy atom. The molecule has 8 heteroatoms. The summed E-state index contributed by atoms with van der Waals surface area (Å²) in [4.78, 5) is 47.3. The van der Waals surface area contributed by atoms with Gasteiger partial charge in [0.25, 0.3) is 5.91 Å². The highest BCUT2D eigenvalue weighted by molar-refractivity contribution is 6.32. The van der Waals surface area contributed by atoms with E-state index in [0.717, 1.165) is 24.1 Å². The van der Waals surface area contributed by atoms with Crippen LogP contribution in [0.4, 0.5) is 11.4 Å². The quantitative estimate of drug-likeness (QED) is 0.651. The van der Waals surface area contributed by atoms with Gasteiger partial charge in [-0.1, -0.05) is 29.8 Å². The smallest absolute Gasteiger partial charge is 0.253 e. The number of hydrogen-bond donors (Lipinski definition) is 0. The fraction of sp³-hybridized carbons (Fsp3) is 0.400. The molecular weight excluding hydrogens is 442 g/mol. The second-order valence-electron chi connectivity index (χ2n) is 9.07. The lowest BCUT2D eigenvalue weighted by molar-refractivity contribution is -0.137. The van der Waals surface area contributed by atoms with Gasteiger partial charge in [-0.15, -0.1) is 0 Å². The van der Waals surface area contributed by atoms with E-state index in [2.05, 4.69) is 4.90 Å². The van der Waals surface area contributed by atoms with E-state index in [9.17, 15) is 14.4 Å². The lowest BCUT2D eigenvalue weighted by Gasteiger charge is -2.37. The Labute approximate surface area is 196 Å². The Kier molecular flexibility index (Phi) is 4.42. The van der Waals surface area contributed by atoms with Gasteiger partial charge in [0.05, 0.1) is 24.6 Å². The van der Waals surface area contributed by atoms with Crippen LogP contribution in [0.1, 0.15) is 25.3 Å². The molecule has 0 bridgehead atoms. The standard InChI is InChI=1S/C25H24ClN3O4/c1-3-27-16-8-5-4-7-15(16)25(24(27)32)21-20(17-9-6-12-28(17)25)22(30)29(23(21)31)18-13-14(26)10-11-19(18)33-2/h4-5,7-8,10-11,13,17,20-21H,3,6,9,12H2,1-2H3. The fourth-order valence-corrected chi connectivity index (χ4v) is 6.90. The van der Waals surface area contributed by atoms with Crippen molar-refractivity contribution in [1.82, 2.24) is 4.90 Å². The van der Waals surface area contributed by atoms with Crippen molar-refractivity contribution in [2.24, 2.45) is 11.8 Å². The van der Waals surface area contributed by atoms with Gasteiger partial charge in [0.1, 0.15) is 11.3 Å². The average Bonchev–Trinajstić information content (AvgIpc) is 3.51. The Morgan fingerprint density at radius 1 is 1.09 bits per heavy atom. The van der Waals surface area contributed by atoms with Crippen LogP contribution >= 0.6 is 11.6 Å². The van der Waals surface area contributed by atoms with Crippen LogP contribution in [0.3, 0.4) is 0 Å². The molecule has 0 N–H and O–H groups in total. The van der Waals surface area contributed by atoms with E-state index in [0.29, 0.717) is 29.5 Å². The number of carbonyl (C=O) groups excluding carboxylic acids is 3. The van der Waals surface area contributed by atoms with Gasteiger partial charge in [-0.05, 0) is 50.6 Å². The molecule has 4 atom stereocenters. The van der Waals surface area contributed by atoms with Crippen LogP contribution < -0.4 is 14.5 Å². The van der Waals surface area contributed by atoms with Gasteiger partial charge in [0.15, 0.2) is 0 Å². The van der Waals surface area contributed by atoms with Gasteiger partial charge in [0.2, 0.25) is 11.8 Å². The number of anilines is 2. The summed E-state index contributed by atoms with van der Waals surface area (Å²) in [7, 11) is 1.49. The van der Waals surface area contributed by atoms with Crippen LogP contribution in [-0.4, -0.2) is 48.9 Å². The van der Waals surface area contributed by atoms with Gasteiger partial charge in [-0.25, -0.2) is 4.90 Å². The highest BCUT2D eigenvalue weighted by atomic mass is 35.5. The van der Waals surface area contributed by atoms with Crippen molar-refractivity contribution in [3.8, 4) is 5.75 Å². The number of para-hydroxylation sites is 1. The zero-order valence-electron chi connectivity index (χ0n) is 18.5. The topological polar surface area (TPSA) is 70.2 Å². The average molecular weight is 466 g/mol. The van der Waals surface area contributed by atoms with E-state index >= 15 is 0 Å². The molecule has 0 aromatic heterocycles. The molecule has 33 heavy (non-hydrogen) atoms. The van der Waals surface area contributed by atoms with Gasteiger partial charge in [-0.3, -0.25) is 19.3 Å². The van der Waals surface area contributed by atoms with E-state index in [4.69, 9.17) is 16.3 Å². The minimum Gasteiger partial charge on any atom is -0.495 e. The number of carbonyl (C=O) groups is 3. The molecule has 3 fully saturated rings. The monoisotopic (exact) mass is 465 g/mol. The number of fused-ring (bicyclic) bond motifs is 7. The Morgan fingerprint density at radius 2 is 1.88 bits per heavy atom. The highest BCUT2D eigenvalue weighted by Crippen LogP contribution is 2.62. The van der Waals surface area contributed by atoms with Crippen molar-refractivity contribution in [2.75, 3.05) is 30.0 Å². The van der Waals surface area contributed by atoms with Gasteiger partial charge in [-0.2, -0.15) is 0 Å². The molecule has 1 spiro atoms. The molecule has 3 saturated heterocycles. The first kappa shape index (κ1) is 20.7. The Hall–Kier alpha value is -2.90. The van der Waals surface area contributed by atoms with Crippen LogP contribution in [-0.2, 0) is 19.9 Å². The summed E-state index contributed by atoms with van der Waals surface area (Å²) in [6.07, 6.45) is 1.67. The minimum atomic E-state index is -1.16. The fourth-order valence-electron chi connectivity index (χ4n) is 6.73. The molecule has 3 amide bonds. The van der Waals surface area contributed by atoms with Crippen LogP contribution in [0.2, 0.25) is 5.02 Å². The molecular formula is C25H24ClN3O4. The number of halogens is 1. The number of imide groups is 1. The molecule has 4 heterocycles. The van der Waals surface area contributed by atoms with Gasteiger partial charge < -0.3 is 9.64 Å². The molecule has 2 aromatic rings. The minimum absolute atomic E-state index is 0.105. The summed E-state index contributed by atoms with van der Waals surface area (Å²) in [6, 6.07) is 12.4. The first-order valence-electron chi connectivity index (χ1n) is 11.4. The second kappa shape index (κ2) is 7.05. The van der Waals surface area contributed by atoms with E-state index in [1.807, 2.05) is 31.2 Å². The molecule has 0 aliphatic carbocycles. The third-order valence-corrected chi connectivity index (χ3v) is 8.08. The second-order valence-corrected chi connectivity index (χ2v) is 9.50. The number of methoxy groups -OCH3 is 1. The normalized spacial score (nSPS) is 30.4. The third-order valence-electron chi connectivity index (χ3n) is 7.84. The van der Waals surface area contributed by atoms with Crippen molar-refractivity contribution < 1.29 is 19.1 Å². The number of benzene rings is 2. The molecule has 0 saturated carbocycles. The number of rotatable bonds is 3. The van der Waals surface area contributed by atoms with Crippen molar-refractivity contribution in [1.29, 1.82) is 0 Å². The molecule has 170 valence electrons.